The highest BCUT2D eigenvalue weighted by molar-refractivity contribution is 9.09. The molecule has 5 heteroatoms. The Morgan fingerprint density at radius 1 is 1.64 bits per heavy atom. The molecule has 0 aromatic heterocycles. The van der Waals surface area contributed by atoms with Gasteiger partial charge in [-0.05, 0) is 22.4 Å². The van der Waals surface area contributed by atoms with Crippen LogP contribution in [0.2, 0.25) is 0 Å². The Bertz CT molecular complexity index is 133. The van der Waals surface area contributed by atoms with E-state index < -0.39 is 10.8 Å². The molecule has 11 heavy (non-hydrogen) atoms. The van der Waals surface area contributed by atoms with Gasteiger partial charge in [-0.3, -0.25) is 4.79 Å². The quantitative estimate of drug-likeness (QED) is 0.421. The van der Waals surface area contributed by atoms with Gasteiger partial charge in [0.1, 0.15) is 0 Å². The molecule has 0 aliphatic rings. The first kappa shape index (κ1) is 10.8. The van der Waals surface area contributed by atoms with E-state index in [4.69, 9.17) is 0 Å². The molecule has 0 unspecified atom stereocenters. The first-order valence-electron chi connectivity index (χ1n) is 3.12. The zero-order valence-electron chi connectivity index (χ0n) is 6.07. The molecular weight excluding hydrogens is 222 g/mol. The number of rotatable bonds is 4. The third-order valence-electron chi connectivity index (χ3n) is 0.910. The van der Waals surface area contributed by atoms with Crippen LogP contribution in [-0.4, -0.2) is 17.4 Å². The SMILES string of the molecule is CC(=O)OCCCC(F)(F)Br. The number of hydrogen-bond donors (Lipinski definition) is 0. The normalized spacial score (nSPS) is 11.3. The Kier molecular flexibility index (Phi) is 4.56. The molecule has 0 N–H and O–H groups in total. The largest absolute Gasteiger partial charge is 0.466 e. The molecule has 0 atom stereocenters. The number of ether oxygens (including phenoxy) is 1. The summed E-state index contributed by atoms with van der Waals surface area (Å²) in [5, 5.41) is 0. The summed E-state index contributed by atoms with van der Waals surface area (Å²) in [6, 6.07) is 0. The van der Waals surface area contributed by atoms with Crippen LogP contribution >= 0.6 is 15.9 Å². The van der Waals surface area contributed by atoms with E-state index in [1.165, 1.54) is 6.92 Å². The lowest BCUT2D eigenvalue weighted by Crippen LogP contribution is -2.08. The highest BCUT2D eigenvalue weighted by atomic mass is 79.9. The van der Waals surface area contributed by atoms with Crippen LogP contribution in [0.15, 0.2) is 0 Å². The van der Waals surface area contributed by atoms with Crippen LogP contribution in [0.1, 0.15) is 19.8 Å². The van der Waals surface area contributed by atoms with Crippen molar-refractivity contribution in [2.24, 2.45) is 0 Å². The summed E-state index contributed by atoms with van der Waals surface area (Å²) in [4.78, 5) is 7.31. The molecule has 0 aromatic carbocycles. The third kappa shape index (κ3) is 9.81. The van der Waals surface area contributed by atoms with Gasteiger partial charge < -0.3 is 4.74 Å². The van der Waals surface area contributed by atoms with Crippen molar-refractivity contribution in [3.8, 4) is 0 Å². The second-order valence-corrected chi connectivity index (χ2v) is 3.22. The van der Waals surface area contributed by atoms with E-state index in [1.54, 1.807) is 0 Å². The van der Waals surface area contributed by atoms with Crippen LogP contribution in [0.4, 0.5) is 8.78 Å². The van der Waals surface area contributed by atoms with E-state index in [9.17, 15) is 13.6 Å². The van der Waals surface area contributed by atoms with E-state index in [-0.39, 0.29) is 19.4 Å². The van der Waals surface area contributed by atoms with Crippen LogP contribution in [0.5, 0.6) is 0 Å². The maximum Gasteiger partial charge on any atom is 0.302 e. The number of hydrogen-bond acceptors (Lipinski definition) is 2. The molecule has 66 valence electrons. The first-order chi connectivity index (χ1) is 4.92. The zero-order chi connectivity index (χ0) is 8.91. The van der Waals surface area contributed by atoms with Gasteiger partial charge in [0, 0.05) is 13.3 Å². The molecule has 0 aliphatic heterocycles. The fourth-order valence-corrected chi connectivity index (χ4v) is 0.769. The van der Waals surface area contributed by atoms with Crippen molar-refractivity contribution in [1.29, 1.82) is 0 Å². The van der Waals surface area contributed by atoms with Crippen LogP contribution in [0.25, 0.3) is 0 Å². The fraction of sp³-hybridized carbons (Fsp3) is 0.833. The smallest absolute Gasteiger partial charge is 0.302 e. The number of alkyl halides is 3. The van der Waals surface area contributed by atoms with E-state index in [2.05, 4.69) is 20.7 Å². The molecule has 0 rings (SSSR count). The van der Waals surface area contributed by atoms with Crippen LogP contribution in [0, 0.1) is 0 Å². The number of esters is 1. The molecule has 0 saturated carbocycles. The molecule has 0 bridgehead atoms. The van der Waals surface area contributed by atoms with Crippen LogP contribution in [-0.2, 0) is 9.53 Å². The van der Waals surface area contributed by atoms with Gasteiger partial charge in [-0.15, -0.1) is 0 Å². The lowest BCUT2D eigenvalue weighted by molar-refractivity contribution is -0.141. The molecule has 0 aliphatic carbocycles. The molecule has 0 saturated heterocycles. The van der Waals surface area contributed by atoms with Gasteiger partial charge in [-0.2, -0.15) is 8.78 Å². The molecule has 0 radical (unpaired) electrons. The second-order valence-electron chi connectivity index (χ2n) is 2.06. The predicted molar refractivity (Wildman–Crippen MR) is 39.7 cm³/mol. The maximum absolute atomic E-state index is 12.0. The van der Waals surface area contributed by atoms with Gasteiger partial charge in [0.25, 0.3) is 0 Å². The minimum Gasteiger partial charge on any atom is -0.466 e. The second kappa shape index (κ2) is 4.64. The van der Waals surface area contributed by atoms with Crippen molar-refractivity contribution in [2.75, 3.05) is 6.61 Å². The predicted octanol–water partition coefficient (Wildman–Crippen LogP) is 2.32. The zero-order valence-corrected chi connectivity index (χ0v) is 7.66. The lowest BCUT2D eigenvalue weighted by Gasteiger charge is -2.06. The molecule has 0 amide bonds. The molecule has 0 spiro atoms. The van der Waals surface area contributed by atoms with Gasteiger partial charge in [-0.1, -0.05) is 0 Å². The van der Waals surface area contributed by atoms with Crippen molar-refractivity contribution >= 4 is 21.9 Å². The van der Waals surface area contributed by atoms with Crippen molar-refractivity contribution in [3.63, 3.8) is 0 Å². The van der Waals surface area contributed by atoms with Gasteiger partial charge in [0.2, 0.25) is 0 Å². The summed E-state index contributed by atoms with van der Waals surface area (Å²) in [5.41, 5.74) is 0. The molecule has 0 fully saturated rings. The molecular formula is C6H9BrF2O2. The van der Waals surface area contributed by atoms with Crippen molar-refractivity contribution in [2.45, 2.75) is 24.6 Å². The van der Waals surface area contributed by atoms with Crippen LogP contribution in [0.3, 0.4) is 0 Å². The Morgan fingerprint density at radius 3 is 2.55 bits per heavy atom. The minimum atomic E-state index is -2.84. The molecule has 2 nitrogen and oxygen atoms in total. The summed E-state index contributed by atoms with van der Waals surface area (Å²) in [6.45, 7) is 1.29. The van der Waals surface area contributed by atoms with Gasteiger partial charge in [0.15, 0.2) is 0 Å². The van der Waals surface area contributed by atoms with Gasteiger partial charge in [0.05, 0.1) is 6.61 Å². The Morgan fingerprint density at radius 2 is 2.18 bits per heavy atom. The number of halogens is 3. The monoisotopic (exact) mass is 230 g/mol. The highest BCUT2D eigenvalue weighted by Gasteiger charge is 2.22. The summed E-state index contributed by atoms with van der Waals surface area (Å²) in [7, 11) is 0. The Labute approximate surface area is 72.0 Å². The minimum absolute atomic E-state index is 0.0521. The number of carbonyl (C=O) groups is 1. The third-order valence-corrected chi connectivity index (χ3v) is 1.31. The van der Waals surface area contributed by atoms with Gasteiger partial charge in [-0.25, -0.2) is 0 Å². The van der Waals surface area contributed by atoms with Crippen LogP contribution < -0.4 is 0 Å². The first-order valence-corrected chi connectivity index (χ1v) is 3.91. The van der Waals surface area contributed by atoms with Gasteiger partial charge >= 0.3 is 10.8 Å². The Hall–Kier alpha value is -0.190. The van der Waals surface area contributed by atoms with Crippen molar-refractivity contribution < 1.29 is 18.3 Å². The topological polar surface area (TPSA) is 26.3 Å². The average molecular weight is 231 g/mol. The fourth-order valence-electron chi connectivity index (χ4n) is 0.489. The highest BCUT2D eigenvalue weighted by Crippen LogP contribution is 2.26. The average Bonchev–Trinajstić information content (AvgIpc) is 1.78. The van der Waals surface area contributed by atoms with E-state index in [0.29, 0.717) is 0 Å². The summed E-state index contributed by atoms with van der Waals surface area (Å²) >= 11 is 2.17. The Balaban J connectivity index is 3.22. The number of carbonyl (C=O) groups excluding carboxylic acids is 1. The summed E-state index contributed by atoms with van der Waals surface area (Å²) in [6.07, 6.45) is -0.155. The van der Waals surface area contributed by atoms with Crippen molar-refractivity contribution in [3.05, 3.63) is 0 Å². The van der Waals surface area contributed by atoms with E-state index in [0.717, 1.165) is 0 Å². The molecule has 0 aromatic rings. The summed E-state index contributed by atoms with van der Waals surface area (Å²) in [5.74, 6) is -0.442. The van der Waals surface area contributed by atoms with Crippen molar-refractivity contribution in [1.82, 2.24) is 0 Å². The molecule has 0 heterocycles. The van der Waals surface area contributed by atoms with E-state index >= 15 is 0 Å². The lowest BCUT2D eigenvalue weighted by atomic mass is 10.3. The van der Waals surface area contributed by atoms with E-state index in [1.807, 2.05) is 0 Å². The summed E-state index contributed by atoms with van der Waals surface area (Å²) < 4.78 is 28.5. The maximum atomic E-state index is 12.0. The standard InChI is InChI=1S/C6H9BrF2O2/c1-5(10)11-4-2-3-6(7,8)9/h2-4H2,1H3.